The van der Waals surface area contributed by atoms with E-state index < -0.39 is 0 Å². The van der Waals surface area contributed by atoms with Crippen LogP contribution >= 0.6 is 11.8 Å². The van der Waals surface area contributed by atoms with Crippen molar-refractivity contribution in [3.8, 4) is 17.3 Å². The monoisotopic (exact) mass is 353 g/mol. The van der Waals surface area contributed by atoms with E-state index in [0.717, 1.165) is 32.6 Å². The molecule has 4 heteroatoms. The molecule has 0 amide bonds. The van der Waals surface area contributed by atoms with Gasteiger partial charge in [0.1, 0.15) is 10.7 Å². The van der Waals surface area contributed by atoms with Crippen molar-refractivity contribution in [3.63, 3.8) is 0 Å². The molecule has 0 aliphatic carbocycles. The number of hydrogen-bond acceptors (Lipinski definition) is 4. The van der Waals surface area contributed by atoms with Crippen LogP contribution in [0, 0.1) is 11.3 Å². The van der Waals surface area contributed by atoms with E-state index in [1.54, 1.807) is 11.8 Å². The minimum Gasteiger partial charge on any atom is -0.192 e. The summed E-state index contributed by atoms with van der Waals surface area (Å²) >= 11 is 1.61. The van der Waals surface area contributed by atoms with Crippen LogP contribution in [0.2, 0.25) is 0 Å². The molecule has 0 aliphatic rings. The first-order valence-corrected chi connectivity index (χ1v) is 9.27. The Balaban J connectivity index is 1.72. The van der Waals surface area contributed by atoms with Gasteiger partial charge in [-0.3, -0.25) is 0 Å². The summed E-state index contributed by atoms with van der Waals surface area (Å²) in [7, 11) is 0. The lowest BCUT2D eigenvalue weighted by molar-refractivity contribution is 0.961. The largest absolute Gasteiger partial charge is 0.192 e. The molecular formula is C22H15N3S. The van der Waals surface area contributed by atoms with Gasteiger partial charge in [0.25, 0.3) is 0 Å². The summed E-state index contributed by atoms with van der Waals surface area (Å²) in [6.07, 6.45) is 0. The maximum Gasteiger partial charge on any atom is 0.127 e. The summed E-state index contributed by atoms with van der Waals surface area (Å²) < 4.78 is 0. The van der Waals surface area contributed by atoms with Crippen molar-refractivity contribution in [2.24, 2.45) is 0 Å². The lowest BCUT2D eigenvalue weighted by Gasteiger charge is -2.09. The third kappa shape index (κ3) is 3.17. The summed E-state index contributed by atoms with van der Waals surface area (Å²) in [4.78, 5) is 0. The predicted molar refractivity (Wildman–Crippen MR) is 106 cm³/mol. The number of thioether (sulfide) groups is 1. The Kier molecular flexibility index (Phi) is 4.63. The third-order valence-electron chi connectivity index (χ3n) is 4.20. The van der Waals surface area contributed by atoms with Crippen LogP contribution in [0.3, 0.4) is 0 Å². The van der Waals surface area contributed by atoms with Crippen LogP contribution < -0.4 is 0 Å². The molecule has 26 heavy (non-hydrogen) atoms. The topological polar surface area (TPSA) is 49.6 Å². The van der Waals surface area contributed by atoms with Crippen LogP contribution in [-0.2, 0) is 5.75 Å². The van der Waals surface area contributed by atoms with Crippen molar-refractivity contribution in [1.29, 1.82) is 5.26 Å². The summed E-state index contributed by atoms with van der Waals surface area (Å²) in [5, 5.41) is 21.3. The molecule has 0 saturated heterocycles. The van der Waals surface area contributed by atoms with Crippen molar-refractivity contribution < 1.29 is 0 Å². The van der Waals surface area contributed by atoms with Gasteiger partial charge >= 0.3 is 0 Å². The molecule has 0 fully saturated rings. The zero-order valence-corrected chi connectivity index (χ0v) is 14.8. The van der Waals surface area contributed by atoms with Gasteiger partial charge < -0.3 is 0 Å². The van der Waals surface area contributed by atoms with Gasteiger partial charge in [-0.2, -0.15) is 5.26 Å². The lowest BCUT2D eigenvalue weighted by Crippen LogP contribution is -1.94. The second-order valence-electron chi connectivity index (χ2n) is 5.82. The first-order valence-electron chi connectivity index (χ1n) is 8.28. The van der Waals surface area contributed by atoms with Gasteiger partial charge in [0, 0.05) is 22.1 Å². The molecule has 0 aliphatic heterocycles. The van der Waals surface area contributed by atoms with Gasteiger partial charge in [0.15, 0.2) is 0 Å². The maximum absolute atomic E-state index is 9.26. The Hall–Kier alpha value is -3.16. The van der Waals surface area contributed by atoms with Crippen molar-refractivity contribution in [2.45, 2.75) is 10.8 Å². The molecule has 4 aromatic rings. The van der Waals surface area contributed by atoms with Gasteiger partial charge in [0.05, 0.1) is 11.6 Å². The fourth-order valence-corrected chi connectivity index (χ4v) is 3.87. The Labute approximate surface area is 156 Å². The average molecular weight is 353 g/mol. The number of nitriles is 1. The number of rotatable bonds is 4. The first-order chi connectivity index (χ1) is 12.9. The quantitative estimate of drug-likeness (QED) is 0.457. The van der Waals surface area contributed by atoms with E-state index in [9.17, 15) is 5.26 Å². The summed E-state index contributed by atoms with van der Waals surface area (Å²) in [5.41, 5.74) is 3.67. The molecule has 0 atom stereocenters. The van der Waals surface area contributed by atoms with Crippen LogP contribution in [0.4, 0.5) is 0 Å². The number of fused-ring (bicyclic) bond motifs is 1. The van der Waals surface area contributed by atoms with E-state index in [2.05, 4.69) is 28.4 Å². The van der Waals surface area contributed by atoms with E-state index in [0.29, 0.717) is 11.3 Å². The van der Waals surface area contributed by atoms with Crippen molar-refractivity contribution in [1.82, 2.24) is 10.2 Å². The van der Waals surface area contributed by atoms with E-state index in [1.807, 2.05) is 66.7 Å². The van der Waals surface area contributed by atoms with Gasteiger partial charge in [-0.1, -0.05) is 84.6 Å². The zero-order valence-electron chi connectivity index (χ0n) is 14.0. The SMILES string of the molecule is N#Cc1ccccc1CSc1nnc(-c2ccccc2)c2ccccc12. The zero-order chi connectivity index (χ0) is 17.8. The second kappa shape index (κ2) is 7.38. The highest BCUT2D eigenvalue weighted by Gasteiger charge is 2.12. The Morgan fingerprint density at radius 1 is 0.769 bits per heavy atom. The number of benzene rings is 3. The Morgan fingerprint density at radius 3 is 2.27 bits per heavy atom. The van der Waals surface area contributed by atoms with Gasteiger partial charge in [-0.15, -0.1) is 10.2 Å². The molecule has 0 bridgehead atoms. The molecule has 4 rings (SSSR count). The minimum atomic E-state index is 0.688. The molecule has 1 heterocycles. The highest BCUT2D eigenvalue weighted by molar-refractivity contribution is 7.98. The van der Waals surface area contributed by atoms with Crippen molar-refractivity contribution >= 4 is 22.5 Å². The highest BCUT2D eigenvalue weighted by Crippen LogP contribution is 2.33. The molecule has 0 radical (unpaired) electrons. The molecule has 0 unspecified atom stereocenters. The average Bonchev–Trinajstić information content (AvgIpc) is 2.73. The van der Waals surface area contributed by atoms with E-state index in [-0.39, 0.29) is 0 Å². The molecule has 3 aromatic carbocycles. The third-order valence-corrected chi connectivity index (χ3v) is 5.23. The van der Waals surface area contributed by atoms with Crippen molar-refractivity contribution in [2.75, 3.05) is 0 Å². The Morgan fingerprint density at radius 2 is 1.46 bits per heavy atom. The van der Waals surface area contributed by atoms with Gasteiger partial charge in [-0.05, 0) is 11.6 Å². The molecule has 3 nitrogen and oxygen atoms in total. The predicted octanol–water partition coefficient (Wildman–Crippen LogP) is 5.46. The summed E-state index contributed by atoms with van der Waals surface area (Å²) in [5.74, 6) is 0.688. The second-order valence-corrected chi connectivity index (χ2v) is 6.79. The summed E-state index contributed by atoms with van der Waals surface area (Å²) in [6.45, 7) is 0. The number of aromatic nitrogens is 2. The normalized spacial score (nSPS) is 10.6. The number of hydrogen-bond donors (Lipinski definition) is 0. The van der Waals surface area contributed by atoms with Crippen LogP contribution in [0.15, 0.2) is 83.9 Å². The van der Waals surface area contributed by atoms with Crippen molar-refractivity contribution in [3.05, 3.63) is 90.0 Å². The molecule has 0 saturated carbocycles. The fourth-order valence-electron chi connectivity index (χ4n) is 2.90. The smallest absolute Gasteiger partial charge is 0.127 e. The summed E-state index contributed by atoms with van der Waals surface area (Å²) in [6, 6.07) is 28.2. The molecule has 1 aromatic heterocycles. The van der Waals surface area contributed by atoms with Crippen LogP contribution in [0.25, 0.3) is 22.0 Å². The van der Waals surface area contributed by atoms with E-state index in [4.69, 9.17) is 0 Å². The standard InChI is InChI=1S/C22H15N3S/c23-14-17-10-4-5-11-18(17)15-26-22-20-13-7-6-12-19(20)21(24-25-22)16-8-2-1-3-9-16/h1-13H,15H2. The number of nitrogens with zero attached hydrogens (tertiary/aromatic N) is 3. The molecule has 124 valence electrons. The first kappa shape index (κ1) is 16.3. The van der Waals surface area contributed by atoms with Gasteiger partial charge in [0.2, 0.25) is 0 Å². The highest BCUT2D eigenvalue weighted by atomic mass is 32.2. The Bertz CT molecular complexity index is 1100. The van der Waals surface area contributed by atoms with E-state index in [1.165, 1.54) is 0 Å². The minimum absolute atomic E-state index is 0.688. The lowest BCUT2D eigenvalue weighted by atomic mass is 10.1. The molecule has 0 spiro atoms. The van der Waals surface area contributed by atoms with E-state index >= 15 is 0 Å². The van der Waals surface area contributed by atoms with Crippen LogP contribution in [-0.4, -0.2) is 10.2 Å². The maximum atomic E-state index is 9.26. The van der Waals surface area contributed by atoms with Crippen LogP contribution in [0.5, 0.6) is 0 Å². The molecule has 0 N–H and O–H groups in total. The van der Waals surface area contributed by atoms with Crippen LogP contribution in [0.1, 0.15) is 11.1 Å². The molecular weight excluding hydrogens is 338 g/mol. The van der Waals surface area contributed by atoms with Gasteiger partial charge in [-0.25, -0.2) is 0 Å². The fraction of sp³-hybridized carbons (Fsp3) is 0.0455.